The van der Waals surface area contributed by atoms with Gasteiger partial charge in [0.2, 0.25) is 5.91 Å². The smallest absolute Gasteiger partial charge is 0.393 e. The van der Waals surface area contributed by atoms with Crippen LogP contribution in [-0.4, -0.2) is 41.1 Å². The molecule has 0 unspecified atom stereocenters. The lowest BCUT2D eigenvalue weighted by Gasteiger charge is -2.37. The van der Waals surface area contributed by atoms with Gasteiger partial charge in [0, 0.05) is 19.5 Å². The quantitative estimate of drug-likeness (QED) is 0.798. The Morgan fingerprint density at radius 1 is 1.15 bits per heavy atom. The molecule has 1 aliphatic heterocycles. The van der Waals surface area contributed by atoms with E-state index in [0.29, 0.717) is 5.56 Å². The van der Waals surface area contributed by atoms with E-state index in [1.54, 1.807) is 0 Å². The first-order valence-corrected chi connectivity index (χ1v) is 8.09. The zero-order valence-corrected chi connectivity index (χ0v) is 13.7. The highest BCUT2D eigenvalue weighted by Gasteiger charge is 2.46. The Labute approximate surface area is 146 Å². The Morgan fingerprint density at radius 2 is 1.85 bits per heavy atom. The van der Waals surface area contributed by atoms with Crippen molar-refractivity contribution in [2.45, 2.75) is 31.9 Å². The van der Waals surface area contributed by atoms with E-state index in [1.807, 2.05) is 0 Å². The lowest BCUT2D eigenvalue weighted by molar-refractivity contribution is -0.195. The molecule has 0 saturated carbocycles. The van der Waals surface area contributed by atoms with Gasteiger partial charge in [0.1, 0.15) is 0 Å². The van der Waals surface area contributed by atoms with Crippen LogP contribution in [0.25, 0.3) is 0 Å². The third kappa shape index (κ3) is 5.15. The van der Waals surface area contributed by atoms with Crippen LogP contribution >= 0.6 is 0 Å². The second kappa shape index (κ2) is 8.01. The van der Waals surface area contributed by atoms with Gasteiger partial charge < -0.3 is 10.0 Å². The molecule has 1 aliphatic rings. The van der Waals surface area contributed by atoms with Crippen LogP contribution in [0.15, 0.2) is 18.2 Å². The van der Waals surface area contributed by atoms with Crippen LogP contribution in [0.4, 0.5) is 22.0 Å². The number of aliphatic carboxylic acids is 1. The molecule has 1 aromatic rings. The SMILES string of the molecule is O=C(O)[C@@H]1C[C@H](C(F)(F)F)CN(C(=O)CCCc2ccc(F)c(F)c2)C1. The molecule has 1 fully saturated rings. The van der Waals surface area contributed by atoms with E-state index in [0.717, 1.165) is 17.0 Å². The van der Waals surface area contributed by atoms with Crippen LogP contribution in [-0.2, 0) is 16.0 Å². The monoisotopic (exact) mass is 379 g/mol. The van der Waals surface area contributed by atoms with Crippen molar-refractivity contribution in [2.24, 2.45) is 11.8 Å². The molecule has 4 nitrogen and oxygen atoms in total. The predicted molar refractivity (Wildman–Crippen MR) is 81.2 cm³/mol. The topological polar surface area (TPSA) is 57.6 Å². The number of hydrogen-bond donors (Lipinski definition) is 1. The highest BCUT2D eigenvalue weighted by molar-refractivity contribution is 5.78. The van der Waals surface area contributed by atoms with E-state index >= 15 is 0 Å². The van der Waals surface area contributed by atoms with Gasteiger partial charge >= 0.3 is 12.1 Å². The van der Waals surface area contributed by atoms with Crippen molar-refractivity contribution < 1.29 is 36.6 Å². The summed E-state index contributed by atoms with van der Waals surface area (Å²) in [5.74, 6) is -7.07. The number of nitrogens with zero attached hydrogens (tertiary/aromatic N) is 1. The number of carboxylic acids is 1. The van der Waals surface area contributed by atoms with Crippen LogP contribution < -0.4 is 0 Å². The van der Waals surface area contributed by atoms with Crippen molar-refractivity contribution >= 4 is 11.9 Å². The molecule has 1 saturated heterocycles. The number of aryl methyl sites for hydroxylation is 1. The van der Waals surface area contributed by atoms with Crippen LogP contribution in [0.3, 0.4) is 0 Å². The molecule has 2 rings (SSSR count). The highest BCUT2D eigenvalue weighted by Crippen LogP contribution is 2.35. The minimum absolute atomic E-state index is 0.101. The van der Waals surface area contributed by atoms with Gasteiger partial charge in [-0.2, -0.15) is 13.2 Å². The number of alkyl halides is 3. The number of rotatable bonds is 5. The first-order chi connectivity index (χ1) is 12.1. The first kappa shape index (κ1) is 20.1. The number of amides is 1. The van der Waals surface area contributed by atoms with E-state index in [-0.39, 0.29) is 25.8 Å². The van der Waals surface area contributed by atoms with Gasteiger partial charge in [-0.05, 0) is 37.0 Å². The first-order valence-electron chi connectivity index (χ1n) is 8.09. The second-order valence-corrected chi connectivity index (χ2v) is 6.41. The van der Waals surface area contributed by atoms with E-state index in [9.17, 15) is 31.5 Å². The summed E-state index contributed by atoms with van der Waals surface area (Å²) in [4.78, 5) is 24.2. The molecule has 0 bridgehead atoms. The Morgan fingerprint density at radius 3 is 2.42 bits per heavy atom. The van der Waals surface area contributed by atoms with E-state index in [4.69, 9.17) is 5.11 Å². The van der Waals surface area contributed by atoms with Crippen molar-refractivity contribution in [1.29, 1.82) is 0 Å². The largest absolute Gasteiger partial charge is 0.481 e. The van der Waals surface area contributed by atoms with Gasteiger partial charge in [-0.1, -0.05) is 6.07 Å². The minimum atomic E-state index is -4.57. The number of likely N-dealkylation sites (tertiary alicyclic amines) is 1. The molecule has 9 heteroatoms. The van der Waals surface area contributed by atoms with Gasteiger partial charge in [0.25, 0.3) is 0 Å². The van der Waals surface area contributed by atoms with Crippen molar-refractivity contribution in [3.8, 4) is 0 Å². The predicted octanol–water partition coefficient (Wildman–Crippen LogP) is 3.40. The van der Waals surface area contributed by atoms with Gasteiger partial charge in [0.15, 0.2) is 11.6 Å². The fourth-order valence-electron chi connectivity index (χ4n) is 3.02. The molecule has 0 radical (unpaired) electrons. The van der Waals surface area contributed by atoms with Crippen molar-refractivity contribution in [2.75, 3.05) is 13.1 Å². The third-order valence-electron chi connectivity index (χ3n) is 4.46. The van der Waals surface area contributed by atoms with Crippen molar-refractivity contribution in [3.63, 3.8) is 0 Å². The zero-order valence-electron chi connectivity index (χ0n) is 13.7. The number of benzene rings is 1. The summed E-state index contributed by atoms with van der Waals surface area (Å²) in [5.41, 5.74) is 0.465. The van der Waals surface area contributed by atoms with Crippen molar-refractivity contribution in [1.82, 2.24) is 4.90 Å². The average molecular weight is 379 g/mol. The molecular formula is C17H18F5NO3. The molecular weight excluding hydrogens is 361 g/mol. The zero-order chi connectivity index (χ0) is 19.5. The Hall–Kier alpha value is -2.19. The molecule has 2 atom stereocenters. The Kier molecular flexibility index (Phi) is 6.20. The average Bonchev–Trinajstić information content (AvgIpc) is 2.56. The second-order valence-electron chi connectivity index (χ2n) is 6.41. The Balaban J connectivity index is 1.94. The number of carbonyl (C=O) groups is 2. The van der Waals surface area contributed by atoms with Crippen LogP contribution in [0.5, 0.6) is 0 Å². The summed E-state index contributed by atoms with van der Waals surface area (Å²) in [7, 11) is 0. The fraction of sp³-hybridized carbons (Fsp3) is 0.529. The van der Waals surface area contributed by atoms with E-state index < -0.39 is 54.5 Å². The maximum Gasteiger partial charge on any atom is 0.393 e. The molecule has 0 spiro atoms. The summed E-state index contributed by atoms with van der Waals surface area (Å²) in [5, 5.41) is 9.02. The molecule has 0 aliphatic carbocycles. The summed E-state index contributed by atoms with van der Waals surface area (Å²) < 4.78 is 64.9. The molecule has 1 N–H and O–H groups in total. The number of piperidine rings is 1. The van der Waals surface area contributed by atoms with Gasteiger partial charge in [-0.25, -0.2) is 8.78 Å². The highest BCUT2D eigenvalue weighted by atomic mass is 19.4. The summed E-state index contributed by atoms with van der Waals surface area (Å²) in [6.07, 6.45) is -4.73. The van der Waals surface area contributed by atoms with Crippen molar-refractivity contribution in [3.05, 3.63) is 35.4 Å². The molecule has 1 amide bonds. The van der Waals surface area contributed by atoms with E-state index in [1.165, 1.54) is 6.07 Å². The fourth-order valence-corrected chi connectivity index (χ4v) is 3.02. The number of hydrogen-bond acceptors (Lipinski definition) is 2. The number of halogens is 5. The summed E-state index contributed by atoms with van der Waals surface area (Å²) in [6, 6.07) is 3.33. The van der Waals surface area contributed by atoms with Crippen LogP contribution in [0.1, 0.15) is 24.8 Å². The Bertz CT molecular complexity index is 677. The van der Waals surface area contributed by atoms with Gasteiger partial charge in [-0.15, -0.1) is 0 Å². The van der Waals surface area contributed by atoms with Crippen LogP contribution in [0.2, 0.25) is 0 Å². The number of carbonyl (C=O) groups excluding carboxylic acids is 1. The normalized spacial score (nSPS) is 20.9. The minimum Gasteiger partial charge on any atom is -0.481 e. The maximum absolute atomic E-state index is 13.1. The summed E-state index contributed by atoms with van der Waals surface area (Å²) >= 11 is 0. The molecule has 26 heavy (non-hydrogen) atoms. The number of carboxylic acid groups (broad SMARTS) is 1. The third-order valence-corrected chi connectivity index (χ3v) is 4.46. The maximum atomic E-state index is 13.1. The standard InChI is InChI=1S/C17H18F5NO3/c18-13-5-4-10(6-14(13)19)2-1-3-15(24)23-8-11(16(25)26)7-12(9-23)17(20,21)22/h4-6,11-12H,1-3,7-9H2,(H,25,26)/t11-,12+/m1/s1. The molecule has 144 valence electrons. The van der Waals surface area contributed by atoms with Crippen LogP contribution in [0, 0.1) is 23.5 Å². The molecule has 0 aromatic heterocycles. The van der Waals surface area contributed by atoms with Gasteiger partial charge in [0.05, 0.1) is 11.8 Å². The van der Waals surface area contributed by atoms with E-state index in [2.05, 4.69) is 0 Å². The lowest BCUT2D eigenvalue weighted by Crippen LogP contribution is -2.49. The summed E-state index contributed by atoms with van der Waals surface area (Å²) in [6.45, 7) is -0.816. The lowest BCUT2D eigenvalue weighted by atomic mass is 9.88. The van der Waals surface area contributed by atoms with Gasteiger partial charge in [-0.3, -0.25) is 9.59 Å². The molecule has 1 aromatic carbocycles. The molecule has 1 heterocycles.